The van der Waals surface area contributed by atoms with Gasteiger partial charge in [0, 0.05) is 0 Å². The van der Waals surface area contributed by atoms with Crippen LogP contribution in [-0.2, 0) is 0 Å². The molecule has 164 valence electrons. The molecule has 0 bridgehead atoms. The Morgan fingerprint density at radius 3 is 1.47 bits per heavy atom. The zero-order chi connectivity index (χ0) is 23.4. The van der Waals surface area contributed by atoms with E-state index in [1.54, 1.807) is 0 Å². The zero-order valence-electron chi connectivity index (χ0n) is 19.5. The van der Waals surface area contributed by atoms with Crippen LogP contribution in [0.15, 0.2) is 121 Å². The third-order valence-corrected chi connectivity index (χ3v) is 8.34. The number of benzene rings is 7. The maximum atomic E-state index is 2.45. The Bertz CT molecular complexity index is 2210. The largest absolute Gasteiger partial charge is 0.0616 e. The summed E-state index contributed by atoms with van der Waals surface area (Å²) in [6.45, 7) is 0. The Morgan fingerprint density at radius 1 is 0.250 bits per heavy atom. The van der Waals surface area contributed by atoms with E-state index in [0.717, 1.165) is 0 Å². The number of rotatable bonds is 1. The van der Waals surface area contributed by atoms with Crippen molar-refractivity contribution in [2.24, 2.45) is 0 Å². The molecule has 0 radical (unpaired) electrons. The minimum absolute atomic E-state index is 1.28. The molecular weight excluding hydrogens is 432 g/mol. The Balaban J connectivity index is 1.45. The van der Waals surface area contributed by atoms with E-state index in [1.165, 1.54) is 86.5 Å². The van der Waals surface area contributed by atoms with Gasteiger partial charge < -0.3 is 0 Å². The normalized spacial score (nSPS) is 12.4. The molecule has 0 aliphatic heterocycles. The summed E-state index contributed by atoms with van der Waals surface area (Å²) in [6, 6.07) is 45.2. The average molecular weight is 453 g/mol. The van der Waals surface area contributed by atoms with Crippen molar-refractivity contribution in [1.29, 1.82) is 0 Å². The van der Waals surface area contributed by atoms with Gasteiger partial charge in [0.1, 0.15) is 0 Å². The third-order valence-electron chi connectivity index (χ3n) is 8.34. The van der Waals surface area contributed by atoms with Crippen LogP contribution in [0.5, 0.6) is 0 Å². The van der Waals surface area contributed by atoms with Crippen LogP contribution in [0.1, 0.15) is 0 Å². The monoisotopic (exact) mass is 452 g/mol. The maximum absolute atomic E-state index is 2.45. The molecule has 0 heterocycles. The molecule has 0 amide bonds. The summed E-state index contributed by atoms with van der Waals surface area (Å²) in [5, 5.41) is 18.9. The van der Waals surface area contributed by atoms with E-state index in [-0.39, 0.29) is 0 Å². The number of hydrogen-bond donors (Lipinski definition) is 0. The van der Waals surface area contributed by atoms with Gasteiger partial charge in [0.25, 0.3) is 0 Å². The van der Waals surface area contributed by atoms with Crippen molar-refractivity contribution in [3.05, 3.63) is 121 Å². The summed E-state index contributed by atoms with van der Waals surface area (Å²) in [4.78, 5) is 0. The lowest BCUT2D eigenvalue weighted by Crippen LogP contribution is -1.84. The van der Waals surface area contributed by atoms with E-state index in [1.807, 2.05) is 0 Å². The van der Waals surface area contributed by atoms with Gasteiger partial charge in [0.2, 0.25) is 0 Å². The molecule has 0 heteroatoms. The predicted molar refractivity (Wildman–Crippen MR) is 157 cm³/mol. The molecule has 0 aliphatic rings. The van der Waals surface area contributed by atoms with Gasteiger partial charge >= 0.3 is 0 Å². The predicted octanol–water partition coefficient (Wildman–Crippen LogP) is 10.3. The highest BCUT2D eigenvalue weighted by atomic mass is 14.2. The van der Waals surface area contributed by atoms with Gasteiger partial charge in [-0.05, 0) is 98.7 Å². The Labute approximate surface area is 207 Å². The van der Waals surface area contributed by atoms with E-state index >= 15 is 0 Å². The number of fused-ring (bicyclic) bond motifs is 7. The van der Waals surface area contributed by atoms with Gasteiger partial charge in [-0.2, -0.15) is 0 Å². The summed E-state index contributed by atoms with van der Waals surface area (Å²) >= 11 is 0. The lowest BCUT2D eigenvalue weighted by atomic mass is 9.93. The third kappa shape index (κ3) is 2.20. The fourth-order valence-electron chi connectivity index (χ4n) is 6.83. The molecule has 0 aliphatic carbocycles. The van der Waals surface area contributed by atoms with Gasteiger partial charge in [0.05, 0.1) is 0 Å². The standard InChI is InChI=1S/C36H20/c1-2-11-23-21(7-1)8-3-12-24(23)25-17-18-30-34-20-32-28-14-5-10-22-9-4-13-27(35(22)28)31(32)19-33(34)29-16-6-15-26(25)36(29)30/h1-20H. The summed E-state index contributed by atoms with van der Waals surface area (Å²) in [6.07, 6.45) is 0. The van der Waals surface area contributed by atoms with E-state index in [9.17, 15) is 0 Å². The van der Waals surface area contributed by atoms with Crippen LogP contribution in [0.2, 0.25) is 0 Å². The van der Waals surface area contributed by atoms with Crippen LogP contribution in [-0.4, -0.2) is 0 Å². The van der Waals surface area contributed by atoms with E-state index in [0.29, 0.717) is 0 Å². The first-order valence-electron chi connectivity index (χ1n) is 12.6. The minimum atomic E-state index is 1.28. The maximum Gasteiger partial charge on any atom is -0.00201 e. The van der Waals surface area contributed by atoms with Crippen molar-refractivity contribution < 1.29 is 0 Å². The Hall–Kier alpha value is -4.68. The molecule has 0 saturated heterocycles. The zero-order valence-corrected chi connectivity index (χ0v) is 19.5. The molecule has 36 heavy (non-hydrogen) atoms. The highest BCUT2D eigenvalue weighted by molar-refractivity contribution is 6.38. The van der Waals surface area contributed by atoms with Gasteiger partial charge in [-0.25, -0.2) is 0 Å². The Kier molecular flexibility index (Phi) is 3.36. The first-order valence-corrected chi connectivity index (χ1v) is 12.6. The van der Waals surface area contributed by atoms with E-state index in [2.05, 4.69) is 121 Å². The topological polar surface area (TPSA) is 0 Å². The molecular formula is C36H20. The van der Waals surface area contributed by atoms with Crippen LogP contribution >= 0.6 is 0 Å². The molecule has 0 unspecified atom stereocenters. The van der Waals surface area contributed by atoms with Crippen molar-refractivity contribution in [2.45, 2.75) is 0 Å². The second-order valence-corrected chi connectivity index (χ2v) is 10.1. The Morgan fingerprint density at radius 2 is 0.722 bits per heavy atom. The molecule has 9 rings (SSSR count). The molecule has 9 aromatic carbocycles. The van der Waals surface area contributed by atoms with Crippen LogP contribution in [0.4, 0.5) is 0 Å². The molecule has 0 saturated carbocycles. The molecule has 0 nitrogen and oxygen atoms in total. The van der Waals surface area contributed by atoms with Gasteiger partial charge in [-0.15, -0.1) is 0 Å². The van der Waals surface area contributed by atoms with E-state index in [4.69, 9.17) is 0 Å². The SMILES string of the molecule is c1ccc2c(-c3ccc4c5cc6c(cc5c5cccc3c54)c3cccc4cccc6c43)cccc2c1. The summed E-state index contributed by atoms with van der Waals surface area (Å²) < 4.78 is 0. The summed E-state index contributed by atoms with van der Waals surface area (Å²) in [5.74, 6) is 0. The summed E-state index contributed by atoms with van der Waals surface area (Å²) in [5.41, 5.74) is 2.61. The fourth-order valence-corrected chi connectivity index (χ4v) is 6.83. The van der Waals surface area contributed by atoms with Crippen molar-refractivity contribution in [1.82, 2.24) is 0 Å². The van der Waals surface area contributed by atoms with Gasteiger partial charge in [0.15, 0.2) is 0 Å². The second-order valence-electron chi connectivity index (χ2n) is 10.1. The van der Waals surface area contributed by atoms with Crippen molar-refractivity contribution in [3.63, 3.8) is 0 Å². The number of hydrogen-bond acceptors (Lipinski definition) is 0. The van der Waals surface area contributed by atoms with Crippen molar-refractivity contribution >= 4 is 75.4 Å². The van der Waals surface area contributed by atoms with Crippen LogP contribution in [0, 0.1) is 0 Å². The highest BCUT2D eigenvalue weighted by Crippen LogP contribution is 2.47. The smallest absolute Gasteiger partial charge is 0.00201 e. The summed E-state index contributed by atoms with van der Waals surface area (Å²) in [7, 11) is 0. The fraction of sp³-hybridized carbons (Fsp3) is 0. The van der Waals surface area contributed by atoms with Gasteiger partial charge in [-0.3, -0.25) is 0 Å². The molecule has 9 aromatic rings. The molecule has 0 aromatic heterocycles. The quantitative estimate of drug-likeness (QED) is 0.232. The first-order chi connectivity index (χ1) is 17.9. The average Bonchev–Trinajstić information content (AvgIpc) is 3.43. The molecule has 0 spiro atoms. The molecule has 0 fully saturated rings. The lowest BCUT2D eigenvalue weighted by molar-refractivity contribution is 1.71. The van der Waals surface area contributed by atoms with E-state index < -0.39 is 0 Å². The lowest BCUT2D eigenvalue weighted by Gasteiger charge is -2.11. The highest BCUT2D eigenvalue weighted by Gasteiger charge is 2.18. The van der Waals surface area contributed by atoms with Crippen molar-refractivity contribution in [3.8, 4) is 11.1 Å². The minimum Gasteiger partial charge on any atom is -0.0616 e. The first kappa shape index (κ1) is 18.6. The van der Waals surface area contributed by atoms with Crippen molar-refractivity contribution in [2.75, 3.05) is 0 Å². The molecule has 0 N–H and O–H groups in total. The molecule has 0 atom stereocenters. The van der Waals surface area contributed by atoms with Crippen LogP contribution < -0.4 is 0 Å². The van der Waals surface area contributed by atoms with Crippen LogP contribution in [0.3, 0.4) is 0 Å². The van der Waals surface area contributed by atoms with Gasteiger partial charge in [-0.1, -0.05) is 109 Å². The second kappa shape index (κ2) is 6.50. The van der Waals surface area contributed by atoms with Crippen LogP contribution in [0.25, 0.3) is 86.5 Å².